The molecule has 0 saturated heterocycles. The van der Waals surface area contributed by atoms with Gasteiger partial charge in [0.05, 0.1) is 3.79 Å². The van der Waals surface area contributed by atoms with E-state index in [-0.39, 0.29) is 0 Å². The maximum absolute atomic E-state index is 5.87. The molecule has 0 radical (unpaired) electrons. The Balaban J connectivity index is 2.05. The van der Waals surface area contributed by atoms with E-state index in [0.717, 1.165) is 9.54 Å². The average Bonchev–Trinajstić information content (AvgIpc) is 2.82. The highest BCUT2D eigenvalue weighted by atomic mass is 79.9. The first-order valence-corrected chi connectivity index (χ1v) is 7.86. The van der Waals surface area contributed by atoms with Gasteiger partial charge < -0.3 is 10.1 Å². The minimum absolute atomic E-state index is 0.362. The van der Waals surface area contributed by atoms with Crippen LogP contribution in [0.2, 0.25) is 0 Å². The Morgan fingerprint density at radius 3 is 2.68 bits per heavy atom. The number of aryl methyl sites for hydroxylation is 1. The summed E-state index contributed by atoms with van der Waals surface area (Å²) in [5.74, 6) is 0.955. The van der Waals surface area contributed by atoms with E-state index in [0.29, 0.717) is 12.6 Å². The molecule has 1 N–H and O–H groups in total. The van der Waals surface area contributed by atoms with Gasteiger partial charge >= 0.3 is 0 Å². The second-order valence-electron chi connectivity index (χ2n) is 4.53. The normalized spacial score (nSPS) is 12.4. The van der Waals surface area contributed by atoms with Crippen molar-refractivity contribution in [3.8, 4) is 5.75 Å². The van der Waals surface area contributed by atoms with Crippen LogP contribution in [0, 0.1) is 6.92 Å². The molecule has 4 heteroatoms. The van der Waals surface area contributed by atoms with Crippen molar-refractivity contribution in [3.63, 3.8) is 0 Å². The van der Waals surface area contributed by atoms with E-state index < -0.39 is 0 Å². The van der Waals surface area contributed by atoms with Crippen molar-refractivity contribution in [2.24, 2.45) is 0 Å². The largest absolute Gasteiger partial charge is 0.488 e. The summed E-state index contributed by atoms with van der Waals surface area (Å²) in [6.07, 6.45) is 0. The Morgan fingerprint density at radius 2 is 2.11 bits per heavy atom. The highest BCUT2D eigenvalue weighted by Gasteiger charge is 2.07. The van der Waals surface area contributed by atoms with E-state index >= 15 is 0 Å². The standard InChI is InChI=1S/C15H18BrNOS/c1-10-8-12(11(2)17-3)4-6-14(10)18-9-13-5-7-15(16)19-13/h4-8,11,17H,9H2,1-3H3. The quantitative estimate of drug-likeness (QED) is 0.853. The zero-order chi connectivity index (χ0) is 13.8. The summed E-state index contributed by atoms with van der Waals surface area (Å²) in [5, 5.41) is 3.24. The first-order valence-electron chi connectivity index (χ1n) is 6.25. The summed E-state index contributed by atoms with van der Waals surface area (Å²) in [5.41, 5.74) is 2.46. The molecule has 19 heavy (non-hydrogen) atoms. The second-order valence-corrected chi connectivity index (χ2v) is 7.08. The fraction of sp³-hybridized carbons (Fsp3) is 0.333. The molecule has 0 bridgehead atoms. The van der Waals surface area contributed by atoms with Gasteiger partial charge in [-0.3, -0.25) is 0 Å². The molecule has 0 aliphatic rings. The van der Waals surface area contributed by atoms with Gasteiger partial charge in [0.2, 0.25) is 0 Å². The molecule has 0 aliphatic carbocycles. The van der Waals surface area contributed by atoms with Gasteiger partial charge in [-0.2, -0.15) is 0 Å². The molecule has 0 fully saturated rings. The Labute approximate surface area is 126 Å². The Kier molecular flexibility index (Phi) is 5.02. The lowest BCUT2D eigenvalue weighted by Crippen LogP contribution is -2.12. The smallest absolute Gasteiger partial charge is 0.122 e. The molecule has 1 aromatic carbocycles. The summed E-state index contributed by atoms with van der Waals surface area (Å²) < 4.78 is 7.01. The first kappa shape index (κ1) is 14.6. The molecule has 0 amide bonds. The number of benzene rings is 1. The highest BCUT2D eigenvalue weighted by Crippen LogP contribution is 2.26. The van der Waals surface area contributed by atoms with Crippen molar-refractivity contribution in [1.82, 2.24) is 5.32 Å². The van der Waals surface area contributed by atoms with Gasteiger partial charge in [-0.1, -0.05) is 12.1 Å². The number of halogens is 1. The van der Waals surface area contributed by atoms with Crippen molar-refractivity contribution in [2.75, 3.05) is 7.05 Å². The minimum Gasteiger partial charge on any atom is -0.488 e. The molecule has 1 aromatic heterocycles. The van der Waals surface area contributed by atoms with E-state index in [1.165, 1.54) is 16.0 Å². The number of hydrogen-bond acceptors (Lipinski definition) is 3. The molecule has 0 spiro atoms. The summed E-state index contributed by atoms with van der Waals surface area (Å²) in [4.78, 5) is 1.22. The topological polar surface area (TPSA) is 21.3 Å². The molecule has 1 heterocycles. The highest BCUT2D eigenvalue weighted by molar-refractivity contribution is 9.11. The van der Waals surface area contributed by atoms with Gasteiger partial charge in [0.25, 0.3) is 0 Å². The summed E-state index contributed by atoms with van der Waals surface area (Å²) in [6, 6.07) is 10.9. The van der Waals surface area contributed by atoms with Gasteiger partial charge in [-0.25, -0.2) is 0 Å². The van der Waals surface area contributed by atoms with Crippen molar-refractivity contribution in [3.05, 3.63) is 50.1 Å². The van der Waals surface area contributed by atoms with Gasteiger partial charge in [-0.05, 0) is 66.2 Å². The van der Waals surface area contributed by atoms with Crippen LogP contribution in [0.25, 0.3) is 0 Å². The molecule has 2 nitrogen and oxygen atoms in total. The minimum atomic E-state index is 0.362. The third-order valence-electron chi connectivity index (χ3n) is 3.13. The van der Waals surface area contributed by atoms with E-state index in [1.807, 2.05) is 13.1 Å². The zero-order valence-electron chi connectivity index (χ0n) is 11.4. The summed E-state index contributed by atoms with van der Waals surface area (Å²) in [6.45, 7) is 4.86. The Bertz CT molecular complexity index is 553. The lowest BCUT2D eigenvalue weighted by atomic mass is 10.1. The first-order chi connectivity index (χ1) is 9.10. The maximum atomic E-state index is 5.87. The molecule has 102 valence electrons. The van der Waals surface area contributed by atoms with Gasteiger partial charge in [0.15, 0.2) is 0 Å². The second kappa shape index (κ2) is 6.55. The molecular formula is C15H18BrNOS. The average molecular weight is 340 g/mol. The van der Waals surface area contributed by atoms with Gasteiger partial charge in [0.1, 0.15) is 12.4 Å². The van der Waals surface area contributed by atoms with Crippen LogP contribution in [0.5, 0.6) is 5.75 Å². The van der Waals surface area contributed by atoms with Crippen molar-refractivity contribution in [1.29, 1.82) is 0 Å². The summed E-state index contributed by atoms with van der Waals surface area (Å²) >= 11 is 5.17. The maximum Gasteiger partial charge on any atom is 0.122 e. The number of hydrogen-bond donors (Lipinski definition) is 1. The molecule has 0 saturated carbocycles. The Morgan fingerprint density at radius 1 is 1.32 bits per heavy atom. The lowest BCUT2D eigenvalue weighted by Gasteiger charge is -2.14. The van der Waals surface area contributed by atoms with Crippen LogP contribution >= 0.6 is 27.3 Å². The number of nitrogens with one attached hydrogen (secondary N) is 1. The van der Waals surface area contributed by atoms with E-state index in [4.69, 9.17) is 4.74 Å². The van der Waals surface area contributed by atoms with Crippen LogP contribution in [0.4, 0.5) is 0 Å². The fourth-order valence-electron chi connectivity index (χ4n) is 1.85. The summed E-state index contributed by atoms with van der Waals surface area (Å²) in [7, 11) is 1.97. The van der Waals surface area contributed by atoms with Crippen LogP contribution in [-0.2, 0) is 6.61 Å². The van der Waals surface area contributed by atoms with E-state index in [1.54, 1.807) is 11.3 Å². The molecule has 1 unspecified atom stereocenters. The van der Waals surface area contributed by atoms with Crippen LogP contribution in [0.3, 0.4) is 0 Å². The number of thiophene rings is 1. The predicted octanol–water partition coefficient (Wildman–Crippen LogP) is 4.68. The van der Waals surface area contributed by atoms with Crippen molar-refractivity contribution in [2.45, 2.75) is 26.5 Å². The molecular weight excluding hydrogens is 322 g/mol. The van der Waals surface area contributed by atoms with Crippen LogP contribution in [0.15, 0.2) is 34.1 Å². The third-order valence-corrected chi connectivity index (χ3v) is 4.73. The predicted molar refractivity (Wildman–Crippen MR) is 85.0 cm³/mol. The van der Waals surface area contributed by atoms with Crippen LogP contribution < -0.4 is 10.1 Å². The van der Waals surface area contributed by atoms with E-state index in [2.05, 4.69) is 59.4 Å². The Hall–Kier alpha value is -0.840. The van der Waals surface area contributed by atoms with Crippen molar-refractivity contribution >= 4 is 27.3 Å². The van der Waals surface area contributed by atoms with Crippen molar-refractivity contribution < 1.29 is 4.74 Å². The van der Waals surface area contributed by atoms with Gasteiger partial charge in [0, 0.05) is 10.9 Å². The monoisotopic (exact) mass is 339 g/mol. The molecule has 0 aliphatic heterocycles. The number of ether oxygens (including phenoxy) is 1. The van der Waals surface area contributed by atoms with E-state index in [9.17, 15) is 0 Å². The fourth-order valence-corrected chi connectivity index (χ4v) is 3.25. The molecule has 2 rings (SSSR count). The van der Waals surface area contributed by atoms with Gasteiger partial charge in [-0.15, -0.1) is 11.3 Å². The third kappa shape index (κ3) is 3.81. The lowest BCUT2D eigenvalue weighted by molar-refractivity contribution is 0.307. The SMILES string of the molecule is CNC(C)c1ccc(OCc2ccc(Br)s2)c(C)c1. The number of rotatable bonds is 5. The molecule has 2 aromatic rings. The van der Waals surface area contributed by atoms with Crippen LogP contribution in [-0.4, -0.2) is 7.05 Å². The van der Waals surface area contributed by atoms with Crippen LogP contribution in [0.1, 0.15) is 29.0 Å². The molecule has 1 atom stereocenters. The zero-order valence-corrected chi connectivity index (χ0v) is 13.8.